The topological polar surface area (TPSA) is 33.1 Å². The second-order valence-corrected chi connectivity index (χ2v) is 8.20. The van der Waals surface area contributed by atoms with Gasteiger partial charge in [0.1, 0.15) is 5.82 Å². The molecule has 2 aromatic heterocycles. The van der Waals surface area contributed by atoms with E-state index in [-0.39, 0.29) is 17.9 Å². The molecular weight excluding hydrogens is 395 g/mol. The number of pyridine rings is 1. The summed E-state index contributed by atoms with van der Waals surface area (Å²) in [6.07, 6.45) is 3.99. The lowest BCUT2D eigenvalue weighted by Crippen LogP contribution is -2.30. The number of nitrogens with one attached hydrogen (secondary N) is 1. The average Bonchev–Trinajstić information content (AvgIpc) is 3.22. The van der Waals surface area contributed by atoms with E-state index in [4.69, 9.17) is 12.2 Å². The van der Waals surface area contributed by atoms with Crippen molar-refractivity contribution in [2.75, 3.05) is 6.54 Å². The predicted octanol–water partition coefficient (Wildman–Crippen LogP) is 5.40. The van der Waals surface area contributed by atoms with E-state index in [1.54, 1.807) is 12.1 Å². The lowest BCUT2D eigenvalue weighted by molar-refractivity contribution is 0.312. The number of halogens is 1. The van der Waals surface area contributed by atoms with Crippen molar-refractivity contribution in [1.29, 1.82) is 0 Å². The van der Waals surface area contributed by atoms with Gasteiger partial charge in [-0.25, -0.2) is 4.39 Å². The van der Waals surface area contributed by atoms with Crippen LogP contribution in [0.4, 0.5) is 4.39 Å². The van der Waals surface area contributed by atoms with Gasteiger partial charge in [0.15, 0.2) is 5.11 Å². The number of nitrogens with zero attached hydrogens (tertiary/aromatic N) is 3. The van der Waals surface area contributed by atoms with Crippen molar-refractivity contribution in [2.24, 2.45) is 0 Å². The molecule has 2 atom stereocenters. The smallest absolute Gasteiger partial charge is 0.170 e. The van der Waals surface area contributed by atoms with Crippen LogP contribution in [-0.2, 0) is 0 Å². The fourth-order valence-electron chi connectivity index (χ4n) is 4.41. The van der Waals surface area contributed by atoms with Crippen molar-refractivity contribution in [2.45, 2.75) is 45.7 Å². The first-order chi connectivity index (χ1) is 14.5. The van der Waals surface area contributed by atoms with Gasteiger partial charge in [0.05, 0.1) is 17.8 Å². The standard InChI is InChI=1S/C24H27FN4S/c1-4-5-13-28-23(22(27-24(28)30)21-11-6-7-12-26-21)20-14-16(2)29(17(20)3)19-10-8-9-18(25)15-19/h6-12,14-15,22-23H,4-5,13H2,1-3H3,(H,27,30)/t22-,23-/m1/s1. The molecule has 0 unspecified atom stereocenters. The summed E-state index contributed by atoms with van der Waals surface area (Å²) < 4.78 is 16.0. The lowest BCUT2D eigenvalue weighted by Gasteiger charge is -2.28. The molecule has 0 saturated carbocycles. The highest BCUT2D eigenvalue weighted by Gasteiger charge is 2.41. The molecule has 156 valence electrons. The van der Waals surface area contributed by atoms with Gasteiger partial charge in [-0.15, -0.1) is 0 Å². The molecule has 4 nitrogen and oxygen atoms in total. The van der Waals surface area contributed by atoms with E-state index in [2.05, 4.69) is 46.6 Å². The predicted molar refractivity (Wildman–Crippen MR) is 122 cm³/mol. The maximum atomic E-state index is 13.9. The highest BCUT2D eigenvalue weighted by molar-refractivity contribution is 7.80. The van der Waals surface area contributed by atoms with E-state index in [0.29, 0.717) is 0 Å². The molecular formula is C24H27FN4S. The molecule has 1 aromatic carbocycles. The van der Waals surface area contributed by atoms with Gasteiger partial charge in [-0.05, 0) is 74.4 Å². The van der Waals surface area contributed by atoms with Crippen LogP contribution in [0.3, 0.4) is 0 Å². The van der Waals surface area contributed by atoms with Crippen LogP contribution in [0.15, 0.2) is 54.7 Å². The summed E-state index contributed by atoms with van der Waals surface area (Å²) in [4.78, 5) is 6.90. The summed E-state index contributed by atoms with van der Waals surface area (Å²) in [6, 6.07) is 14.9. The number of aromatic nitrogens is 2. The molecule has 0 aliphatic carbocycles. The summed E-state index contributed by atoms with van der Waals surface area (Å²) >= 11 is 5.73. The largest absolute Gasteiger partial charge is 0.352 e. The first kappa shape index (κ1) is 20.5. The number of thiocarbonyl (C=S) groups is 1. The van der Waals surface area contributed by atoms with E-state index in [0.717, 1.165) is 47.3 Å². The first-order valence-corrected chi connectivity index (χ1v) is 10.8. The summed E-state index contributed by atoms with van der Waals surface area (Å²) in [7, 11) is 0. The van der Waals surface area contributed by atoms with Crippen LogP contribution in [-0.4, -0.2) is 26.1 Å². The molecule has 0 radical (unpaired) electrons. The molecule has 1 aliphatic heterocycles. The number of rotatable bonds is 6. The van der Waals surface area contributed by atoms with Crippen molar-refractivity contribution in [1.82, 2.24) is 19.8 Å². The Bertz CT molecular complexity index is 1050. The highest BCUT2D eigenvalue weighted by atomic mass is 32.1. The van der Waals surface area contributed by atoms with E-state index >= 15 is 0 Å². The van der Waals surface area contributed by atoms with E-state index in [1.807, 2.05) is 30.5 Å². The Balaban J connectivity index is 1.82. The summed E-state index contributed by atoms with van der Waals surface area (Å²) in [5.74, 6) is -0.235. The minimum Gasteiger partial charge on any atom is -0.352 e. The Morgan fingerprint density at radius 1 is 1.13 bits per heavy atom. The molecule has 0 spiro atoms. The lowest BCUT2D eigenvalue weighted by atomic mass is 9.96. The van der Waals surface area contributed by atoms with Gasteiger partial charge in [-0.1, -0.05) is 25.5 Å². The fraction of sp³-hybridized carbons (Fsp3) is 0.333. The van der Waals surface area contributed by atoms with Crippen molar-refractivity contribution in [3.8, 4) is 5.69 Å². The van der Waals surface area contributed by atoms with Crippen molar-refractivity contribution in [3.05, 3.63) is 83.2 Å². The Kier molecular flexibility index (Phi) is 5.86. The van der Waals surface area contributed by atoms with E-state index in [1.165, 1.54) is 11.6 Å². The minimum atomic E-state index is -0.235. The Morgan fingerprint density at radius 2 is 1.97 bits per heavy atom. The summed E-state index contributed by atoms with van der Waals surface area (Å²) in [5, 5.41) is 4.27. The van der Waals surface area contributed by atoms with Crippen LogP contribution in [0.5, 0.6) is 0 Å². The van der Waals surface area contributed by atoms with Crippen molar-refractivity contribution >= 4 is 17.3 Å². The number of hydrogen-bond donors (Lipinski definition) is 1. The second kappa shape index (κ2) is 8.56. The zero-order valence-corrected chi connectivity index (χ0v) is 18.4. The van der Waals surface area contributed by atoms with Gasteiger partial charge >= 0.3 is 0 Å². The first-order valence-electron chi connectivity index (χ1n) is 10.4. The number of hydrogen-bond acceptors (Lipinski definition) is 2. The zero-order chi connectivity index (χ0) is 21.3. The molecule has 4 rings (SSSR count). The molecule has 1 saturated heterocycles. The zero-order valence-electron chi connectivity index (χ0n) is 17.6. The molecule has 6 heteroatoms. The van der Waals surface area contributed by atoms with E-state index < -0.39 is 0 Å². The third-order valence-corrected chi connectivity index (χ3v) is 6.16. The van der Waals surface area contributed by atoms with Gasteiger partial charge in [-0.2, -0.15) is 0 Å². The number of unbranched alkanes of at least 4 members (excludes halogenated alkanes) is 1. The van der Waals surface area contributed by atoms with Gasteiger partial charge in [0.25, 0.3) is 0 Å². The van der Waals surface area contributed by atoms with Crippen LogP contribution in [0.1, 0.15) is 54.5 Å². The molecule has 30 heavy (non-hydrogen) atoms. The van der Waals surface area contributed by atoms with Crippen LogP contribution >= 0.6 is 12.2 Å². The minimum absolute atomic E-state index is 0.0305. The fourth-order valence-corrected chi connectivity index (χ4v) is 4.74. The summed E-state index contributed by atoms with van der Waals surface area (Å²) in [6.45, 7) is 7.24. The second-order valence-electron chi connectivity index (χ2n) is 7.82. The van der Waals surface area contributed by atoms with Crippen molar-refractivity contribution < 1.29 is 4.39 Å². The molecule has 0 amide bonds. The van der Waals surface area contributed by atoms with Crippen molar-refractivity contribution in [3.63, 3.8) is 0 Å². The van der Waals surface area contributed by atoms with Gasteiger partial charge < -0.3 is 14.8 Å². The monoisotopic (exact) mass is 422 g/mol. The van der Waals surface area contributed by atoms with E-state index in [9.17, 15) is 4.39 Å². The molecule has 3 heterocycles. The average molecular weight is 423 g/mol. The van der Waals surface area contributed by atoms with Crippen LogP contribution in [0, 0.1) is 19.7 Å². The third kappa shape index (κ3) is 3.72. The van der Waals surface area contributed by atoms with Gasteiger partial charge in [-0.3, -0.25) is 4.98 Å². The molecule has 0 bridgehead atoms. The summed E-state index contributed by atoms with van der Waals surface area (Å²) in [5.41, 5.74) is 5.16. The molecule has 1 aliphatic rings. The van der Waals surface area contributed by atoms with Crippen LogP contribution in [0.2, 0.25) is 0 Å². The van der Waals surface area contributed by atoms with Crippen LogP contribution < -0.4 is 5.32 Å². The normalized spacial score (nSPS) is 18.7. The Hall–Kier alpha value is -2.73. The maximum Gasteiger partial charge on any atom is 0.170 e. The number of aryl methyl sites for hydroxylation is 1. The maximum absolute atomic E-state index is 13.9. The third-order valence-electron chi connectivity index (χ3n) is 5.81. The number of benzene rings is 1. The van der Waals surface area contributed by atoms with Crippen LogP contribution in [0.25, 0.3) is 5.69 Å². The Morgan fingerprint density at radius 3 is 2.67 bits per heavy atom. The SMILES string of the molecule is CCCCN1C(=S)N[C@H](c2ccccn2)[C@H]1c1cc(C)n(-c2cccc(F)c2)c1C. The highest BCUT2D eigenvalue weighted by Crippen LogP contribution is 2.41. The molecule has 1 N–H and O–H groups in total. The van der Waals surface area contributed by atoms with Gasteiger partial charge in [0, 0.05) is 29.8 Å². The quantitative estimate of drug-likeness (QED) is 0.539. The molecule has 1 fully saturated rings. The Labute approximate surface area is 182 Å². The molecule has 3 aromatic rings. The van der Waals surface area contributed by atoms with Gasteiger partial charge in [0.2, 0.25) is 0 Å².